The molecule has 0 amide bonds. The molecule has 1 rings (SSSR count). The Morgan fingerprint density at radius 3 is 2.72 bits per heavy atom. The van der Waals surface area contributed by atoms with Gasteiger partial charge in [-0.15, -0.1) is 0 Å². The van der Waals surface area contributed by atoms with Crippen LogP contribution in [0.5, 0.6) is 0 Å². The summed E-state index contributed by atoms with van der Waals surface area (Å²) >= 11 is 0. The van der Waals surface area contributed by atoms with Gasteiger partial charge in [-0.2, -0.15) is 13.2 Å². The first kappa shape index (κ1) is 14.7. The third-order valence-corrected chi connectivity index (χ3v) is 2.19. The van der Waals surface area contributed by atoms with E-state index >= 15 is 0 Å². The van der Waals surface area contributed by atoms with Crippen molar-refractivity contribution in [2.45, 2.75) is 12.7 Å². The zero-order chi connectivity index (χ0) is 13.6. The van der Waals surface area contributed by atoms with Gasteiger partial charge in [-0.25, -0.2) is 0 Å². The van der Waals surface area contributed by atoms with Gasteiger partial charge >= 0.3 is 6.18 Å². The van der Waals surface area contributed by atoms with E-state index < -0.39 is 12.7 Å². The highest BCUT2D eigenvalue weighted by Gasteiger charge is 2.30. The molecule has 8 heteroatoms. The lowest BCUT2D eigenvalue weighted by Crippen LogP contribution is -2.36. The number of aliphatic hydroxyl groups excluding tert-OH is 1. The van der Waals surface area contributed by atoms with Gasteiger partial charge in [-0.3, -0.25) is 15.7 Å². The minimum absolute atomic E-state index is 0.00438. The molecule has 0 spiro atoms. The highest BCUT2D eigenvalue weighted by Crippen LogP contribution is 2.18. The largest absolute Gasteiger partial charge is 0.401 e. The van der Waals surface area contributed by atoms with E-state index in [0.717, 1.165) is 4.90 Å². The maximum atomic E-state index is 12.3. The van der Waals surface area contributed by atoms with Gasteiger partial charge in [0.05, 0.1) is 24.5 Å². The smallest absolute Gasteiger partial charge is 0.395 e. The zero-order valence-electron chi connectivity index (χ0n) is 9.61. The van der Waals surface area contributed by atoms with E-state index in [-0.39, 0.29) is 19.7 Å². The summed E-state index contributed by atoms with van der Waals surface area (Å²) in [5.74, 6) is 5.20. The second-order valence-electron chi connectivity index (χ2n) is 3.73. The minimum atomic E-state index is -4.31. The second-order valence-corrected chi connectivity index (χ2v) is 3.73. The molecule has 0 unspecified atom stereocenters. The molecule has 0 atom stereocenters. The number of pyridine rings is 1. The monoisotopic (exact) mass is 264 g/mol. The Hall–Kier alpha value is -1.38. The molecule has 0 aliphatic heterocycles. The van der Waals surface area contributed by atoms with Crippen molar-refractivity contribution in [1.29, 1.82) is 0 Å². The Balaban J connectivity index is 2.69. The van der Waals surface area contributed by atoms with Crippen molar-refractivity contribution < 1.29 is 18.3 Å². The van der Waals surface area contributed by atoms with Crippen LogP contribution >= 0.6 is 0 Å². The van der Waals surface area contributed by atoms with Crippen LogP contribution < -0.4 is 11.3 Å². The van der Waals surface area contributed by atoms with Crippen molar-refractivity contribution in [3.63, 3.8) is 0 Å². The summed E-state index contributed by atoms with van der Waals surface area (Å²) in [7, 11) is 0. The van der Waals surface area contributed by atoms with Crippen molar-refractivity contribution in [3.8, 4) is 0 Å². The lowest BCUT2D eigenvalue weighted by Gasteiger charge is -2.22. The van der Waals surface area contributed by atoms with Gasteiger partial charge in [0.15, 0.2) is 0 Å². The van der Waals surface area contributed by atoms with Crippen molar-refractivity contribution in [2.75, 3.05) is 25.1 Å². The second kappa shape index (κ2) is 6.53. The highest BCUT2D eigenvalue weighted by molar-refractivity contribution is 5.41. The van der Waals surface area contributed by atoms with Gasteiger partial charge in [0, 0.05) is 19.3 Å². The number of halogens is 3. The molecule has 102 valence electrons. The number of hydrogen-bond donors (Lipinski definition) is 3. The summed E-state index contributed by atoms with van der Waals surface area (Å²) in [5, 5.41) is 8.75. The summed E-state index contributed by atoms with van der Waals surface area (Å²) in [5.41, 5.74) is 3.40. The Kier molecular flexibility index (Phi) is 5.32. The lowest BCUT2D eigenvalue weighted by atomic mass is 10.3. The van der Waals surface area contributed by atoms with Crippen LogP contribution in [0.15, 0.2) is 18.3 Å². The number of aromatic nitrogens is 1. The van der Waals surface area contributed by atoms with Gasteiger partial charge in [0.25, 0.3) is 0 Å². The van der Waals surface area contributed by atoms with E-state index in [1.54, 1.807) is 12.1 Å². The molecule has 5 nitrogen and oxygen atoms in total. The summed E-state index contributed by atoms with van der Waals surface area (Å²) in [6.45, 7) is -1.50. The van der Waals surface area contributed by atoms with Crippen LogP contribution in [-0.4, -0.2) is 40.9 Å². The van der Waals surface area contributed by atoms with E-state index in [0.29, 0.717) is 11.4 Å². The first-order chi connectivity index (χ1) is 8.44. The predicted octanol–water partition coefficient (Wildman–Crippen LogP) is 0.724. The zero-order valence-corrected chi connectivity index (χ0v) is 9.61. The molecule has 1 aromatic heterocycles. The number of nitrogens with one attached hydrogen (secondary N) is 1. The summed E-state index contributed by atoms with van der Waals surface area (Å²) in [6.07, 6.45) is -2.85. The number of alkyl halides is 3. The Bertz CT molecular complexity index is 372. The van der Waals surface area contributed by atoms with Crippen LogP contribution in [0, 0.1) is 0 Å². The van der Waals surface area contributed by atoms with Crippen LogP contribution in [0.4, 0.5) is 18.9 Å². The van der Waals surface area contributed by atoms with E-state index in [1.165, 1.54) is 6.20 Å². The molecule has 0 saturated carbocycles. The van der Waals surface area contributed by atoms with E-state index in [4.69, 9.17) is 10.9 Å². The first-order valence-corrected chi connectivity index (χ1v) is 5.26. The predicted molar refractivity (Wildman–Crippen MR) is 60.5 cm³/mol. The number of aliphatic hydroxyl groups is 1. The van der Waals surface area contributed by atoms with Crippen molar-refractivity contribution in [2.24, 2.45) is 5.84 Å². The Morgan fingerprint density at radius 1 is 1.44 bits per heavy atom. The SMILES string of the molecule is NNc1ccnc(CN(CCO)CC(F)(F)F)c1. The molecule has 18 heavy (non-hydrogen) atoms. The van der Waals surface area contributed by atoms with E-state index in [2.05, 4.69) is 10.4 Å². The highest BCUT2D eigenvalue weighted by atomic mass is 19.4. The Labute approximate surface area is 102 Å². The van der Waals surface area contributed by atoms with Gasteiger partial charge in [-0.05, 0) is 12.1 Å². The number of nitrogen functional groups attached to an aromatic ring is 1. The molecule has 1 aromatic rings. The fourth-order valence-electron chi connectivity index (χ4n) is 1.49. The molecule has 1 heterocycles. The fraction of sp³-hybridized carbons (Fsp3) is 0.500. The van der Waals surface area contributed by atoms with Gasteiger partial charge < -0.3 is 10.5 Å². The number of anilines is 1. The van der Waals surface area contributed by atoms with Crippen molar-refractivity contribution >= 4 is 5.69 Å². The molecule has 0 radical (unpaired) electrons. The van der Waals surface area contributed by atoms with Crippen LogP contribution in [0.25, 0.3) is 0 Å². The van der Waals surface area contributed by atoms with Crippen molar-refractivity contribution in [3.05, 3.63) is 24.0 Å². The van der Waals surface area contributed by atoms with E-state index in [9.17, 15) is 13.2 Å². The molecule has 0 bridgehead atoms. The molecular weight excluding hydrogens is 249 g/mol. The number of hydrazine groups is 1. The molecular formula is C10H15F3N4O. The number of hydrogen-bond acceptors (Lipinski definition) is 5. The maximum Gasteiger partial charge on any atom is 0.401 e. The van der Waals surface area contributed by atoms with Gasteiger partial charge in [0.1, 0.15) is 0 Å². The topological polar surface area (TPSA) is 74.4 Å². The summed E-state index contributed by atoms with van der Waals surface area (Å²) < 4.78 is 36.9. The molecule has 0 saturated heterocycles. The standard InChI is InChI=1S/C10H15F3N4O/c11-10(12,13)7-17(3-4-18)6-9-5-8(16-14)1-2-15-9/h1-2,5,18H,3-4,6-7,14H2,(H,15,16). The molecule has 0 aliphatic carbocycles. The number of nitrogens with two attached hydrogens (primary N) is 1. The fourth-order valence-corrected chi connectivity index (χ4v) is 1.49. The van der Waals surface area contributed by atoms with Gasteiger partial charge in [0.2, 0.25) is 0 Å². The average molecular weight is 264 g/mol. The first-order valence-electron chi connectivity index (χ1n) is 5.26. The van der Waals surface area contributed by atoms with Gasteiger partial charge in [-0.1, -0.05) is 0 Å². The molecule has 0 aromatic carbocycles. The number of rotatable bonds is 6. The average Bonchev–Trinajstić information content (AvgIpc) is 2.27. The maximum absolute atomic E-state index is 12.3. The van der Waals surface area contributed by atoms with Crippen LogP contribution in [0.2, 0.25) is 0 Å². The summed E-state index contributed by atoms with van der Waals surface area (Å²) in [6, 6.07) is 3.16. The molecule has 0 fully saturated rings. The third-order valence-electron chi connectivity index (χ3n) is 2.19. The van der Waals surface area contributed by atoms with Crippen molar-refractivity contribution in [1.82, 2.24) is 9.88 Å². The lowest BCUT2D eigenvalue weighted by molar-refractivity contribution is -0.148. The normalized spacial score (nSPS) is 11.9. The minimum Gasteiger partial charge on any atom is -0.395 e. The quantitative estimate of drug-likeness (QED) is 0.521. The van der Waals surface area contributed by atoms with Crippen LogP contribution in [0.1, 0.15) is 5.69 Å². The van der Waals surface area contributed by atoms with Crippen LogP contribution in [0.3, 0.4) is 0 Å². The summed E-state index contributed by atoms with van der Waals surface area (Å²) in [4.78, 5) is 5.03. The molecule has 4 N–H and O–H groups in total. The Morgan fingerprint density at radius 2 is 2.17 bits per heavy atom. The van der Waals surface area contributed by atoms with Crippen LogP contribution in [-0.2, 0) is 6.54 Å². The number of nitrogens with zero attached hydrogens (tertiary/aromatic N) is 2. The third kappa shape index (κ3) is 5.30. The van der Waals surface area contributed by atoms with E-state index in [1.807, 2.05) is 0 Å². The molecule has 0 aliphatic rings.